The maximum Gasteiger partial charge on any atom is 0.290 e. The molecule has 1 N–H and O–H groups in total. The molecule has 0 bridgehead atoms. The molecule has 0 saturated carbocycles. The summed E-state index contributed by atoms with van der Waals surface area (Å²) in [6.07, 6.45) is 2.09. The van der Waals surface area contributed by atoms with Gasteiger partial charge in [-0.2, -0.15) is 0 Å². The molecule has 0 spiro atoms. The van der Waals surface area contributed by atoms with E-state index in [1.54, 1.807) is 35.8 Å². The number of nitrogens with one attached hydrogen (secondary N) is 1. The zero-order chi connectivity index (χ0) is 19.8. The Balaban J connectivity index is 1.92. The van der Waals surface area contributed by atoms with Gasteiger partial charge in [0.05, 0.1) is 17.0 Å². The van der Waals surface area contributed by atoms with E-state index in [9.17, 15) is 18.0 Å². The minimum Gasteiger partial charge on any atom is -0.350 e. The van der Waals surface area contributed by atoms with E-state index in [0.717, 1.165) is 0 Å². The average Bonchev–Trinajstić information content (AvgIpc) is 3.18. The van der Waals surface area contributed by atoms with Crippen LogP contribution >= 0.6 is 0 Å². The van der Waals surface area contributed by atoms with Crippen LogP contribution in [0.15, 0.2) is 24.4 Å². The Bertz CT molecular complexity index is 980. The molecule has 0 aliphatic carbocycles. The average molecular weight is 392 g/mol. The molecular weight excluding hydrogens is 368 g/mol. The fourth-order valence-electron chi connectivity index (χ4n) is 3.14. The van der Waals surface area contributed by atoms with Gasteiger partial charge in [0.2, 0.25) is 5.82 Å². The second-order valence-electron chi connectivity index (χ2n) is 7.32. The van der Waals surface area contributed by atoms with E-state index in [1.165, 1.54) is 4.90 Å². The van der Waals surface area contributed by atoms with Crippen molar-refractivity contribution in [3.8, 4) is 0 Å². The summed E-state index contributed by atoms with van der Waals surface area (Å²) in [7, 11) is -1.53. The lowest BCUT2D eigenvalue weighted by Gasteiger charge is -2.22. The molecule has 146 valence electrons. The highest BCUT2D eigenvalue weighted by molar-refractivity contribution is 7.91. The molecule has 1 aliphatic heterocycles. The molecule has 2 aromatic rings. The van der Waals surface area contributed by atoms with E-state index in [-0.39, 0.29) is 35.0 Å². The van der Waals surface area contributed by atoms with Crippen LogP contribution in [0.1, 0.15) is 41.4 Å². The van der Waals surface area contributed by atoms with Crippen molar-refractivity contribution in [2.24, 2.45) is 5.92 Å². The van der Waals surface area contributed by atoms with E-state index in [0.29, 0.717) is 24.4 Å². The normalized spacial score (nSPS) is 18.7. The molecule has 0 radical (unpaired) electrons. The van der Waals surface area contributed by atoms with Crippen LogP contribution in [0.5, 0.6) is 0 Å². The third kappa shape index (κ3) is 3.97. The van der Waals surface area contributed by atoms with Crippen LogP contribution in [-0.2, 0) is 9.84 Å². The van der Waals surface area contributed by atoms with Gasteiger partial charge in [-0.15, -0.1) is 0 Å². The minimum atomic E-state index is -3.11. The Labute approximate surface area is 158 Å². The SMILES string of the molecule is CC(C)CNC(=O)c1nc(C(=O)N(C)C2CCS(=O)(=O)C2)n2ccccc12. The van der Waals surface area contributed by atoms with Crippen LogP contribution in [0.25, 0.3) is 5.52 Å². The van der Waals surface area contributed by atoms with Gasteiger partial charge in [-0.1, -0.05) is 19.9 Å². The van der Waals surface area contributed by atoms with Crippen LogP contribution in [0.2, 0.25) is 0 Å². The number of sulfone groups is 1. The lowest BCUT2D eigenvalue weighted by molar-refractivity contribution is 0.0734. The van der Waals surface area contributed by atoms with E-state index in [4.69, 9.17) is 0 Å². The second-order valence-corrected chi connectivity index (χ2v) is 9.55. The summed E-state index contributed by atoms with van der Waals surface area (Å²) in [5, 5.41) is 2.82. The van der Waals surface area contributed by atoms with Crippen molar-refractivity contribution in [3.63, 3.8) is 0 Å². The molecule has 1 saturated heterocycles. The first-order valence-corrected chi connectivity index (χ1v) is 10.7. The molecule has 0 aromatic carbocycles. The topological polar surface area (TPSA) is 101 Å². The van der Waals surface area contributed by atoms with Gasteiger partial charge in [0.1, 0.15) is 0 Å². The summed E-state index contributed by atoms with van der Waals surface area (Å²) < 4.78 is 25.0. The standard InChI is InChI=1S/C18H24N4O4S/c1-12(2)10-19-17(23)15-14-6-4-5-8-22(14)16(20-15)18(24)21(3)13-7-9-27(25,26)11-13/h4-6,8,12-13H,7,9-11H2,1-3H3,(H,19,23). The molecule has 8 nitrogen and oxygen atoms in total. The third-order valence-corrected chi connectivity index (χ3v) is 6.45. The third-order valence-electron chi connectivity index (χ3n) is 4.70. The first-order chi connectivity index (χ1) is 12.7. The van der Waals surface area contributed by atoms with Gasteiger partial charge < -0.3 is 10.2 Å². The van der Waals surface area contributed by atoms with Crippen LogP contribution in [-0.4, -0.2) is 65.7 Å². The Kier molecular flexibility index (Phi) is 5.23. The number of pyridine rings is 1. The highest BCUT2D eigenvalue weighted by Crippen LogP contribution is 2.20. The molecule has 1 unspecified atom stereocenters. The Morgan fingerprint density at radius 2 is 2.11 bits per heavy atom. The van der Waals surface area contributed by atoms with Crippen molar-refractivity contribution in [3.05, 3.63) is 35.9 Å². The zero-order valence-corrected chi connectivity index (χ0v) is 16.5. The molecule has 1 fully saturated rings. The molecule has 9 heteroatoms. The number of fused-ring (bicyclic) bond motifs is 1. The number of rotatable bonds is 5. The van der Waals surface area contributed by atoms with Gasteiger partial charge in [0.25, 0.3) is 11.8 Å². The first kappa shape index (κ1) is 19.3. The van der Waals surface area contributed by atoms with Gasteiger partial charge in [-0.3, -0.25) is 14.0 Å². The predicted octanol–water partition coefficient (Wildman–Crippen LogP) is 0.979. The maximum absolute atomic E-state index is 13.0. The van der Waals surface area contributed by atoms with Crippen molar-refractivity contribution in [1.29, 1.82) is 0 Å². The van der Waals surface area contributed by atoms with Crippen molar-refractivity contribution >= 4 is 27.2 Å². The first-order valence-electron chi connectivity index (χ1n) is 8.92. The molecule has 2 aromatic heterocycles. The lowest BCUT2D eigenvalue weighted by atomic mass is 10.2. The number of carbonyl (C=O) groups is 2. The van der Waals surface area contributed by atoms with E-state index >= 15 is 0 Å². The quantitative estimate of drug-likeness (QED) is 0.817. The molecule has 27 heavy (non-hydrogen) atoms. The van der Waals surface area contributed by atoms with Crippen LogP contribution in [0.3, 0.4) is 0 Å². The predicted molar refractivity (Wildman–Crippen MR) is 102 cm³/mol. The summed E-state index contributed by atoms with van der Waals surface area (Å²) in [5.74, 6) is -0.300. The summed E-state index contributed by atoms with van der Waals surface area (Å²) in [6, 6.07) is 4.88. The number of nitrogens with zero attached hydrogens (tertiary/aromatic N) is 3. The Hall–Kier alpha value is -2.42. The van der Waals surface area contributed by atoms with Gasteiger partial charge >= 0.3 is 0 Å². The molecule has 3 rings (SSSR count). The monoisotopic (exact) mass is 392 g/mol. The molecule has 1 atom stereocenters. The van der Waals surface area contributed by atoms with Gasteiger partial charge in [-0.25, -0.2) is 13.4 Å². The Morgan fingerprint density at radius 3 is 2.74 bits per heavy atom. The molecular formula is C18H24N4O4S. The van der Waals surface area contributed by atoms with E-state index in [1.807, 2.05) is 13.8 Å². The summed E-state index contributed by atoms with van der Waals surface area (Å²) >= 11 is 0. The number of aromatic nitrogens is 2. The molecule has 1 aliphatic rings. The van der Waals surface area contributed by atoms with Crippen molar-refractivity contribution in [1.82, 2.24) is 19.6 Å². The lowest BCUT2D eigenvalue weighted by Crippen LogP contribution is -2.38. The van der Waals surface area contributed by atoms with Gasteiger partial charge in [0.15, 0.2) is 15.5 Å². The Morgan fingerprint density at radius 1 is 1.37 bits per heavy atom. The largest absolute Gasteiger partial charge is 0.350 e. The number of imidazole rings is 1. The summed E-state index contributed by atoms with van der Waals surface area (Å²) in [5.41, 5.74) is 0.724. The van der Waals surface area contributed by atoms with E-state index < -0.39 is 15.7 Å². The number of amides is 2. The summed E-state index contributed by atoms with van der Waals surface area (Å²) in [4.78, 5) is 31.2. The number of hydrogen-bond donors (Lipinski definition) is 1. The minimum absolute atomic E-state index is 0.0414. The van der Waals surface area contributed by atoms with E-state index in [2.05, 4.69) is 10.3 Å². The smallest absolute Gasteiger partial charge is 0.290 e. The van der Waals surface area contributed by atoms with Crippen molar-refractivity contribution in [2.45, 2.75) is 26.3 Å². The van der Waals surface area contributed by atoms with Crippen LogP contribution in [0, 0.1) is 5.92 Å². The van der Waals surface area contributed by atoms with Crippen LogP contribution in [0.4, 0.5) is 0 Å². The molecule has 2 amide bonds. The van der Waals surface area contributed by atoms with Gasteiger partial charge in [0, 0.05) is 25.8 Å². The number of hydrogen-bond acceptors (Lipinski definition) is 5. The summed E-state index contributed by atoms with van der Waals surface area (Å²) in [6.45, 7) is 4.49. The van der Waals surface area contributed by atoms with Crippen molar-refractivity contribution < 1.29 is 18.0 Å². The molecule has 3 heterocycles. The highest BCUT2D eigenvalue weighted by atomic mass is 32.2. The highest BCUT2D eigenvalue weighted by Gasteiger charge is 2.34. The van der Waals surface area contributed by atoms with Crippen LogP contribution < -0.4 is 5.32 Å². The maximum atomic E-state index is 13.0. The van der Waals surface area contributed by atoms with Gasteiger partial charge in [-0.05, 0) is 24.5 Å². The number of carbonyl (C=O) groups excluding carboxylic acids is 2. The fourth-order valence-corrected chi connectivity index (χ4v) is 4.92. The fraction of sp³-hybridized carbons (Fsp3) is 0.500. The second kappa shape index (κ2) is 7.30. The van der Waals surface area contributed by atoms with Crippen molar-refractivity contribution in [2.75, 3.05) is 25.1 Å². The zero-order valence-electron chi connectivity index (χ0n) is 15.7.